The highest BCUT2D eigenvalue weighted by Crippen LogP contribution is 2.24. The van der Waals surface area contributed by atoms with Crippen LogP contribution in [0.1, 0.15) is 5.56 Å². The molecular weight excluding hydrogens is 310 g/mol. The Morgan fingerprint density at radius 1 is 1.19 bits per heavy atom. The number of sulfonamides is 1. The molecule has 1 aromatic rings. The monoisotopic (exact) mass is 329 g/mol. The minimum atomic E-state index is -3.45. The van der Waals surface area contributed by atoms with Crippen LogP contribution in [0.15, 0.2) is 23.1 Å². The number of piperazine rings is 1. The Hall–Kier alpha value is -0.660. The lowest BCUT2D eigenvalue weighted by Crippen LogP contribution is -2.62. The molecule has 0 unspecified atom stereocenters. The van der Waals surface area contributed by atoms with Gasteiger partial charge in [0.15, 0.2) is 0 Å². The van der Waals surface area contributed by atoms with E-state index < -0.39 is 10.0 Å². The van der Waals surface area contributed by atoms with Gasteiger partial charge in [0.25, 0.3) is 0 Å². The van der Waals surface area contributed by atoms with Crippen LogP contribution in [-0.2, 0) is 10.0 Å². The van der Waals surface area contributed by atoms with Crippen molar-refractivity contribution < 1.29 is 8.42 Å². The van der Waals surface area contributed by atoms with Crippen molar-refractivity contribution in [1.29, 1.82) is 0 Å². The van der Waals surface area contributed by atoms with E-state index in [-0.39, 0.29) is 0 Å². The molecule has 2 aliphatic heterocycles. The molecule has 21 heavy (non-hydrogen) atoms. The van der Waals surface area contributed by atoms with Crippen LogP contribution in [0.25, 0.3) is 0 Å². The Kier molecular flexibility index (Phi) is 4.25. The van der Waals surface area contributed by atoms with Crippen molar-refractivity contribution in [3.05, 3.63) is 28.8 Å². The van der Waals surface area contributed by atoms with Gasteiger partial charge in [-0.25, -0.2) is 8.42 Å². The summed E-state index contributed by atoms with van der Waals surface area (Å²) in [6.45, 7) is 6.52. The van der Waals surface area contributed by atoms with Crippen molar-refractivity contribution >= 4 is 21.6 Å². The molecule has 2 heterocycles. The number of nitrogens with one attached hydrogen (secondary N) is 1. The summed E-state index contributed by atoms with van der Waals surface area (Å²) in [5.74, 6) is 0. The zero-order valence-electron chi connectivity index (χ0n) is 12.0. The molecule has 0 aliphatic carbocycles. The van der Waals surface area contributed by atoms with Gasteiger partial charge < -0.3 is 5.32 Å². The fourth-order valence-corrected chi connectivity index (χ4v) is 4.74. The van der Waals surface area contributed by atoms with Crippen molar-refractivity contribution in [3.63, 3.8) is 0 Å². The number of nitrogens with zero attached hydrogens (tertiary/aromatic N) is 2. The molecule has 0 spiro atoms. The Morgan fingerprint density at radius 2 is 1.86 bits per heavy atom. The predicted octanol–water partition coefficient (Wildman–Crippen LogP) is 0.927. The predicted molar refractivity (Wildman–Crippen MR) is 83.2 cm³/mol. The first-order valence-corrected chi connectivity index (χ1v) is 9.01. The minimum absolute atomic E-state index is 0.328. The summed E-state index contributed by atoms with van der Waals surface area (Å²) in [7, 11) is -3.45. The first-order valence-electron chi connectivity index (χ1n) is 7.19. The highest BCUT2D eigenvalue weighted by molar-refractivity contribution is 7.89. The van der Waals surface area contributed by atoms with Gasteiger partial charge in [-0.15, -0.1) is 0 Å². The zero-order chi connectivity index (χ0) is 15.0. The maximum atomic E-state index is 12.8. The molecule has 7 heteroatoms. The van der Waals surface area contributed by atoms with Crippen molar-refractivity contribution in [1.82, 2.24) is 14.5 Å². The Labute approximate surface area is 130 Å². The normalized spacial score (nSPS) is 22.2. The van der Waals surface area contributed by atoms with E-state index in [1.54, 1.807) is 29.4 Å². The SMILES string of the molecule is Cc1ccc(Cl)cc1S(=O)(=O)N1CCN(C2CNC2)CC1. The van der Waals surface area contributed by atoms with Crippen LogP contribution in [0.4, 0.5) is 0 Å². The zero-order valence-corrected chi connectivity index (χ0v) is 13.6. The smallest absolute Gasteiger partial charge is 0.243 e. The number of aryl methyl sites for hydroxylation is 1. The number of rotatable bonds is 3. The molecule has 0 saturated carbocycles. The number of hydrogen-bond acceptors (Lipinski definition) is 4. The molecule has 3 rings (SSSR count). The van der Waals surface area contributed by atoms with Gasteiger partial charge in [0.05, 0.1) is 4.90 Å². The maximum absolute atomic E-state index is 12.8. The van der Waals surface area contributed by atoms with Crippen LogP contribution in [0.5, 0.6) is 0 Å². The van der Waals surface area contributed by atoms with E-state index in [1.807, 2.05) is 0 Å². The van der Waals surface area contributed by atoms with Gasteiger partial charge in [-0.1, -0.05) is 17.7 Å². The van der Waals surface area contributed by atoms with E-state index in [0.717, 1.165) is 31.7 Å². The van der Waals surface area contributed by atoms with Gasteiger partial charge in [-0.3, -0.25) is 4.90 Å². The van der Waals surface area contributed by atoms with Crippen LogP contribution < -0.4 is 5.32 Å². The summed E-state index contributed by atoms with van der Waals surface area (Å²) in [5, 5.41) is 3.71. The summed E-state index contributed by atoms with van der Waals surface area (Å²) in [6, 6.07) is 5.60. The summed E-state index contributed by atoms with van der Waals surface area (Å²) in [6.07, 6.45) is 0. The third-order valence-corrected chi connectivity index (χ3v) is 6.59. The van der Waals surface area contributed by atoms with E-state index in [9.17, 15) is 8.42 Å². The summed E-state index contributed by atoms with van der Waals surface area (Å²) < 4.78 is 27.1. The van der Waals surface area contributed by atoms with Gasteiger partial charge in [-0.05, 0) is 24.6 Å². The quantitative estimate of drug-likeness (QED) is 0.896. The fourth-order valence-electron chi connectivity index (χ4n) is 2.83. The average Bonchev–Trinajstić information content (AvgIpc) is 2.40. The summed E-state index contributed by atoms with van der Waals surface area (Å²) in [4.78, 5) is 2.70. The van der Waals surface area contributed by atoms with E-state index in [1.165, 1.54) is 0 Å². The van der Waals surface area contributed by atoms with Crippen LogP contribution in [0.2, 0.25) is 5.02 Å². The van der Waals surface area contributed by atoms with Crippen LogP contribution in [0.3, 0.4) is 0 Å². The van der Waals surface area contributed by atoms with Gasteiger partial charge in [0.1, 0.15) is 0 Å². The molecular formula is C14H20ClN3O2S. The summed E-state index contributed by atoms with van der Waals surface area (Å²) in [5.41, 5.74) is 0.741. The topological polar surface area (TPSA) is 52.7 Å². The molecule has 0 atom stereocenters. The van der Waals surface area contributed by atoms with Gasteiger partial charge in [-0.2, -0.15) is 4.31 Å². The van der Waals surface area contributed by atoms with E-state index in [0.29, 0.717) is 29.0 Å². The van der Waals surface area contributed by atoms with Crippen LogP contribution in [0, 0.1) is 6.92 Å². The molecule has 1 aromatic carbocycles. The van der Waals surface area contributed by atoms with Crippen molar-refractivity contribution in [2.75, 3.05) is 39.3 Å². The Morgan fingerprint density at radius 3 is 2.43 bits per heavy atom. The molecule has 0 radical (unpaired) electrons. The number of benzene rings is 1. The minimum Gasteiger partial charge on any atom is -0.314 e. The molecule has 2 saturated heterocycles. The van der Waals surface area contributed by atoms with Gasteiger partial charge in [0, 0.05) is 50.3 Å². The van der Waals surface area contributed by atoms with Gasteiger partial charge >= 0.3 is 0 Å². The molecule has 116 valence electrons. The second-order valence-corrected chi connectivity index (χ2v) is 8.00. The molecule has 0 aromatic heterocycles. The van der Waals surface area contributed by atoms with Crippen molar-refractivity contribution in [3.8, 4) is 0 Å². The Balaban J connectivity index is 1.75. The third-order valence-electron chi connectivity index (χ3n) is 4.32. The molecule has 5 nitrogen and oxygen atoms in total. The molecule has 0 bridgehead atoms. The second kappa shape index (κ2) is 5.85. The lowest BCUT2D eigenvalue weighted by Gasteiger charge is -2.42. The second-order valence-electron chi connectivity index (χ2n) is 5.66. The molecule has 1 N–H and O–H groups in total. The van der Waals surface area contributed by atoms with E-state index >= 15 is 0 Å². The maximum Gasteiger partial charge on any atom is 0.243 e. The van der Waals surface area contributed by atoms with Crippen LogP contribution >= 0.6 is 11.6 Å². The van der Waals surface area contributed by atoms with Crippen molar-refractivity contribution in [2.24, 2.45) is 0 Å². The van der Waals surface area contributed by atoms with Crippen molar-refractivity contribution in [2.45, 2.75) is 17.9 Å². The van der Waals surface area contributed by atoms with E-state index in [2.05, 4.69) is 10.2 Å². The standard InChI is InChI=1S/C14H20ClN3O2S/c1-11-2-3-12(15)8-14(11)21(19,20)18-6-4-17(5-7-18)13-9-16-10-13/h2-3,8,13,16H,4-7,9-10H2,1H3. The highest BCUT2D eigenvalue weighted by Gasteiger charge is 2.33. The van der Waals surface area contributed by atoms with Crippen LogP contribution in [-0.4, -0.2) is 62.9 Å². The highest BCUT2D eigenvalue weighted by atomic mass is 35.5. The molecule has 2 fully saturated rings. The molecule has 2 aliphatic rings. The number of hydrogen-bond donors (Lipinski definition) is 1. The fraction of sp³-hybridized carbons (Fsp3) is 0.571. The largest absolute Gasteiger partial charge is 0.314 e. The average molecular weight is 330 g/mol. The van der Waals surface area contributed by atoms with E-state index in [4.69, 9.17) is 11.6 Å². The molecule has 0 amide bonds. The Bertz CT molecular complexity index is 623. The lowest BCUT2D eigenvalue weighted by molar-refractivity contribution is 0.103. The number of halogens is 1. The summed E-state index contributed by atoms with van der Waals surface area (Å²) >= 11 is 5.95. The lowest BCUT2D eigenvalue weighted by atomic mass is 10.1. The first kappa shape index (κ1) is 15.2. The first-order chi connectivity index (χ1) is 9.98. The third kappa shape index (κ3) is 2.96. The van der Waals surface area contributed by atoms with Gasteiger partial charge in [0.2, 0.25) is 10.0 Å².